The first-order valence-corrected chi connectivity index (χ1v) is 2.87. The van der Waals surface area contributed by atoms with Gasteiger partial charge in [-0.1, -0.05) is 0 Å². The number of rotatable bonds is 1. The fourth-order valence-electron chi connectivity index (χ4n) is 0.723. The Morgan fingerprint density at radius 3 is 2.27 bits per heavy atom. The lowest BCUT2D eigenvalue weighted by Crippen LogP contribution is -2.20. The number of Topliss-reactive ketones (excluding diaryl/α,β-unsaturated/α-hetero) is 1. The lowest BCUT2D eigenvalue weighted by atomic mass is 10.2. The molecule has 0 aromatic heterocycles. The van der Waals surface area contributed by atoms with Crippen LogP contribution in [0.5, 0.6) is 0 Å². The second-order valence-electron chi connectivity index (χ2n) is 2.13. The molecule has 1 unspecified atom stereocenters. The van der Waals surface area contributed by atoms with Gasteiger partial charge in [-0.2, -0.15) is 0 Å². The molecule has 5 heteroatoms. The second kappa shape index (κ2) is 2.26. The van der Waals surface area contributed by atoms with Crippen LogP contribution >= 0.6 is 0 Å². The minimum Gasteiger partial charge on any atom is -0.505 e. The van der Waals surface area contributed by atoms with Crippen LogP contribution in [-0.4, -0.2) is 28.1 Å². The first-order valence-electron chi connectivity index (χ1n) is 2.87. The Kier molecular flexibility index (Phi) is 1.56. The van der Waals surface area contributed by atoms with E-state index in [0.717, 1.165) is 6.92 Å². The van der Waals surface area contributed by atoms with Gasteiger partial charge < -0.3 is 14.9 Å². The third-order valence-corrected chi connectivity index (χ3v) is 1.28. The van der Waals surface area contributed by atoms with Crippen molar-refractivity contribution in [2.45, 2.75) is 13.0 Å². The van der Waals surface area contributed by atoms with E-state index >= 15 is 0 Å². The molecule has 1 atom stereocenters. The average Bonchev–Trinajstić information content (AvgIpc) is 2.17. The molecule has 0 aliphatic carbocycles. The monoisotopic (exact) mass is 158 g/mol. The summed E-state index contributed by atoms with van der Waals surface area (Å²) in [4.78, 5) is 21.0. The van der Waals surface area contributed by atoms with Crippen LogP contribution in [0.3, 0.4) is 0 Å². The van der Waals surface area contributed by atoms with Crippen molar-refractivity contribution in [3.8, 4) is 0 Å². The Morgan fingerprint density at radius 2 is 2.09 bits per heavy atom. The van der Waals surface area contributed by atoms with Gasteiger partial charge in [0.25, 0.3) is 0 Å². The van der Waals surface area contributed by atoms with Gasteiger partial charge in [-0.15, -0.1) is 0 Å². The maximum absolute atomic E-state index is 10.6. The molecule has 0 amide bonds. The minimum atomic E-state index is -1.32. The summed E-state index contributed by atoms with van der Waals surface area (Å²) in [6, 6.07) is 0. The molecule has 0 spiro atoms. The quantitative estimate of drug-likeness (QED) is 0.517. The molecule has 0 saturated heterocycles. The third-order valence-electron chi connectivity index (χ3n) is 1.28. The van der Waals surface area contributed by atoms with Crippen molar-refractivity contribution in [3.63, 3.8) is 0 Å². The van der Waals surface area contributed by atoms with Gasteiger partial charge in [-0.25, -0.2) is 4.79 Å². The Bertz CT molecular complexity index is 252. The van der Waals surface area contributed by atoms with Crippen LogP contribution in [0, 0.1) is 0 Å². The molecule has 60 valence electrons. The highest BCUT2D eigenvalue weighted by molar-refractivity contribution is 5.96. The van der Waals surface area contributed by atoms with Gasteiger partial charge in [0, 0.05) is 0 Å². The first kappa shape index (κ1) is 7.59. The van der Waals surface area contributed by atoms with Crippen molar-refractivity contribution in [3.05, 3.63) is 11.5 Å². The van der Waals surface area contributed by atoms with E-state index in [0.29, 0.717) is 0 Å². The molecule has 0 saturated carbocycles. The van der Waals surface area contributed by atoms with Gasteiger partial charge in [-0.05, 0) is 6.92 Å². The molecule has 11 heavy (non-hydrogen) atoms. The number of esters is 1. The number of carbonyl (C=O) groups excluding carboxylic acids is 2. The zero-order valence-electron chi connectivity index (χ0n) is 5.70. The lowest BCUT2D eigenvalue weighted by molar-refractivity contribution is -0.147. The van der Waals surface area contributed by atoms with Gasteiger partial charge in [0.1, 0.15) is 0 Å². The molecule has 0 fully saturated rings. The second-order valence-corrected chi connectivity index (χ2v) is 2.13. The number of hydrogen-bond acceptors (Lipinski definition) is 5. The summed E-state index contributed by atoms with van der Waals surface area (Å²) >= 11 is 0. The fraction of sp³-hybridized carbons (Fsp3) is 0.333. The molecule has 0 bridgehead atoms. The van der Waals surface area contributed by atoms with E-state index < -0.39 is 29.4 Å². The Balaban J connectivity index is 2.95. The summed E-state index contributed by atoms with van der Waals surface area (Å²) in [6.07, 6.45) is -1.32. The maximum Gasteiger partial charge on any atom is 0.378 e. The van der Waals surface area contributed by atoms with E-state index in [-0.39, 0.29) is 0 Å². The molecule has 1 heterocycles. The van der Waals surface area contributed by atoms with Crippen molar-refractivity contribution in [2.75, 3.05) is 0 Å². The molecule has 5 nitrogen and oxygen atoms in total. The summed E-state index contributed by atoms with van der Waals surface area (Å²) in [5, 5.41) is 17.5. The summed E-state index contributed by atoms with van der Waals surface area (Å²) in [6.45, 7) is 1.15. The SMILES string of the molecule is CC(=O)C1OC(=O)C(O)=C1O. The molecule has 0 aromatic rings. The highest BCUT2D eigenvalue weighted by atomic mass is 16.6. The van der Waals surface area contributed by atoms with Gasteiger partial charge in [0.05, 0.1) is 0 Å². The molecule has 1 aliphatic rings. The number of hydrogen-bond donors (Lipinski definition) is 2. The number of carbonyl (C=O) groups is 2. The van der Waals surface area contributed by atoms with Crippen LogP contribution in [0.1, 0.15) is 6.92 Å². The fourth-order valence-corrected chi connectivity index (χ4v) is 0.723. The number of ether oxygens (including phenoxy) is 1. The summed E-state index contributed by atoms with van der Waals surface area (Å²) in [5.74, 6) is -3.18. The van der Waals surface area contributed by atoms with Crippen molar-refractivity contribution in [1.29, 1.82) is 0 Å². The Hall–Kier alpha value is -1.52. The van der Waals surface area contributed by atoms with Gasteiger partial charge in [-0.3, -0.25) is 4.79 Å². The molecular formula is C6H6O5. The number of cyclic esters (lactones) is 1. The van der Waals surface area contributed by atoms with Crippen molar-refractivity contribution >= 4 is 11.8 Å². The minimum absolute atomic E-state index is 0.528. The number of aliphatic hydroxyl groups is 2. The van der Waals surface area contributed by atoms with Crippen LogP contribution in [0.2, 0.25) is 0 Å². The van der Waals surface area contributed by atoms with Crippen molar-refractivity contribution in [1.82, 2.24) is 0 Å². The standard InChI is InChI=1S/C6H6O5/c1-2(7)5-3(8)4(9)6(10)11-5/h5,8-9H,1H3. The largest absolute Gasteiger partial charge is 0.505 e. The molecule has 0 radical (unpaired) electrons. The highest BCUT2D eigenvalue weighted by Crippen LogP contribution is 2.18. The molecule has 0 aromatic carbocycles. The van der Waals surface area contributed by atoms with Gasteiger partial charge >= 0.3 is 5.97 Å². The highest BCUT2D eigenvalue weighted by Gasteiger charge is 2.37. The van der Waals surface area contributed by atoms with Gasteiger partial charge in [0.15, 0.2) is 11.5 Å². The third kappa shape index (κ3) is 1.04. The van der Waals surface area contributed by atoms with Crippen LogP contribution in [-0.2, 0) is 14.3 Å². The van der Waals surface area contributed by atoms with Crippen LogP contribution in [0.25, 0.3) is 0 Å². The van der Waals surface area contributed by atoms with Crippen LogP contribution < -0.4 is 0 Å². The summed E-state index contributed by atoms with van der Waals surface area (Å²) in [7, 11) is 0. The summed E-state index contributed by atoms with van der Waals surface area (Å²) < 4.78 is 4.28. The van der Waals surface area contributed by atoms with E-state index in [2.05, 4.69) is 4.74 Å². The first-order chi connectivity index (χ1) is 5.04. The molecule has 1 rings (SSSR count). The zero-order chi connectivity index (χ0) is 8.59. The van der Waals surface area contributed by atoms with E-state index in [4.69, 9.17) is 10.2 Å². The zero-order valence-corrected chi connectivity index (χ0v) is 5.70. The van der Waals surface area contributed by atoms with Gasteiger partial charge in [0.2, 0.25) is 11.9 Å². The molecule has 1 aliphatic heterocycles. The average molecular weight is 158 g/mol. The van der Waals surface area contributed by atoms with E-state index in [1.54, 1.807) is 0 Å². The smallest absolute Gasteiger partial charge is 0.378 e. The van der Waals surface area contributed by atoms with E-state index in [1.165, 1.54) is 0 Å². The van der Waals surface area contributed by atoms with Crippen molar-refractivity contribution < 1.29 is 24.5 Å². The van der Waals surface area contributed by atoms with Crippen molar-refractivity contribution in [2.24, 2.45) is 0 Å². The summed E-state index contributed by atoms with van der Waals surface area (Å²) in [5.41, 5.74) is 0. The Morgan fingerprint density at radius 1 is 1.55 bits per heavy atom. The number of aliphatic hydroxyl groups excluding tert-OH is 2. The van der Waals surface area contributed by atoms with Crippen LogP contribution in [0.15, 0.2) is 11.5 Å². The normalized spacial score (nSPS) is 23.7. The predicted molar refractivity (Wildman–Crippen MR) is 32.8 cm³/mol. The number of ketones is 1. The topological polar surface area (TPSA) is 83.8 Å². The maximum atomic E-state index is 10.6. The molecule has 2 N–H and O–H groups in total. The van der Waals surface area contributed by atoms with E-state index in [1.807, 2.05) is 0 Å². The van der Waals surface area contributed by atoms with Crippen LogP contribution in [0.4, 0.5) is 0 Å². The predicted octanol–water partition coefficient (Wildman–Crippen LogP) is -0.172. The lowest BCUT2D eigenvalue weighted by Gasteiger charge is -2.02. The Labute approximate surface area is 61.9 Å². The molecular weight excluding hydrogens is 152 g/mol. The van der Waals surface area contributed by atoms with E-state index in [9.17, 15) is 9.59 Å².